The van der Waals surface area contributed by atoms with Gasteiger partial charge < -0.3 is 10.1 Å². The van der Waals surface area contributed by atoms with Gasteiger partial charge in [0, 0.05) is 5.69 Å². The molecule has 9 nitrogen and oxygen atoms in total. The van der Waals surface area contributed by atoms with Crippen LogP contribution < -0.4 is 19.1 Å². The number of benzene rings is 3. The molecular weight excluding hydrogens is 502 g/mol. The normalized spacial score (nSPS) is 11.6. The molecule has 0 heterocycles. The number of ether oxygens (including phenoxy) is 1. The molecule has 0 spiro atoms. The molecule has 0 radical (unpaired) electrons. The van der Waals surface area contributed by atoms with E-state index in [1.54, 1.807) is 31.2 Å². The second-order valence-corrected chi connectivity index (χ2v) is 12.0. The van der Waals surface area contributed by atoms with Gasteiger partial charge in [-0.3, -0.25) is 13.8 Å². The van der Waals surface area contributed by atoms with E-state index in [0.29, 0.717) is 17.1 Å². The number of anilines is 3. The third kappa shape index (κ3) is 6.55. The van der Waals surface area contributed by atoms with Crippen LogP contribution in [0.2, 0.25) is 0 Å². The summed E-state index contributed by atoms with van der Waals surface area (Å²) in [4.78, 5) is 12.7. The molecule has 0 saturated heterocycles. The molecule has 11 heteroatoms. The largest absolute Gasteiger partial charge is 0.495 e. The Balaban J connectivity index is 1.77. The molecule has 36 heavy (non-hydrogen) atoms. The van der Waals surface area contributed by atoms with Crippen LogP contribution in [-0.2, 0) is 24.8 Å². The van der Waals surface area contributed by atoms with Crippen molar-refractivity contribution in [1.82, 2.24) is 0 Å². The van der Waals surface area contributed by atoms with E-state index in [1.165, 1.54) is 31.4 Å². The highest BCUT2D eigenvalue weighted by molar-refractivity contribution is 7.92. The highest BCUT2D eigenvalue weighted by atomic mass is 32.2. The van der Waals surface area contributed by atoms with Crippen molar-refractivity contribution in [3.05, 3.63) is 77.4 Å². The van der Waals surface area contributed by atoms with E-state index < -0.39 is 32.5 Å². The van der Waals surface area contributed by atoms with Crippen molar-refractivity contribution in [2.45, 2.75) is 25.7 Å². The lowest BCUT2D eigenvalue weighted by Gasteiger charge is -2.24. The number of hydrogen-bond donors (Lipinski definition) is 2. The van der Waals surface area contributed by atoms with Gasteiger partial charge >= 0.3 is 0 Å². The second-order valence-electron chi connectivity index (χ2n) is 8.44. The van der Waals surface area contributed by atoms with Gasteiger partial charge in [-0.2, -0.15) is 0 Å². The van der Waals surface area contributed by atoms with Crippen molar-refractivity contribution in [3.63, 3.8) is 0 Å². The van der Waals surface area contributed by atoms with E-state index in [2.05, 4.69) is 10.0 Å². The maximum Gasteiger partial charge on any atom is 0.261 e. The molecule has 0 fully saturated rings. The SMILES string of the molecule is COc1ccc(C)cc1N(CC(=O)Nc1ccc(S(=O)(=O)Nc2cc(C)ccc2C)cc1)S(C)(=O)=O. The van der Waals surface area contributed by atoms with Crippen LogP contribution in [0.25, 0.3) is 0 Å². The van der Waals surface area contributed by atoms with Gasteiger partial charge in [0.05, 0.1) is 29.6 Å². The summed E-state index contributed by atoms with van der Waals surface area (Å²) >= 11 is 0. The Morgan fingerprint density at radius 2 is 1.50 bits per heavy atom. The van der Waals surface area contributed by atoms with Crippen LogP contribution in [-0.4, -0.2) is 42.7 Å². The minimum atomic E-state index is -3.85. The third-order valence-corrected chi connectivity index (χ3v) is 7.88. The first kappa shape index (κ1) is 27.0. The number of nitrogens with one attached hydrogen (secondary N) is 2. The van der Waals surface area contributed by atoms with E-state index in [9.17, 15) is 21.6 Å². The van der Waals surface area contributed by atoms with Gasteiger partial charge in [-0.05, 0) is 79.9 Å². The lowest BCUT2D eigenvalue weighted by atomic mass is 10.1. The molecule has 1 amide bonds. The molecule has 3 aromatic carbocycles. The number of amides is 1. The first-order chi connectivity index (χ1) is 16.8. The maximum atomic E-state index is 12.8. The Labute approximate surface area is 212 Å². The zero-order chi connectivity index (χ0) is 26.7. The average molecular weight is 532 g/mol. The zero-order valence-electron chi connectivity index (χ0n) is 20.7. The number of aryl methyl sites for hydroxylation is 3. The lowest BCUT2D eigenvalue weighted by Crippen LogP contribution is -2.37. The monoisotopic (exact) mass is 531 g/mol. The molecule has 0 unspecified atom stereocenters. The summed E-state index contributed by atoms with van der Waals surface area (Å²) in [6.45, 7) is 4.98. The number of methoxy groups -OCH3 is 1. The second kappa shape index (κ2) is 10.6. The fourth-order valence-electron chi connectivity index (χ4n) is 3.47. The topological polar surface area (TPSA) is 122 Å². The molecule has 3 aromatic rings. The molecule has 0 aliphatic heterocycles. The number of rotatable bonds is 9. The van der Waals surface area contributed by atoms with Crippen molar-refractivity contribution in [2.75, 3.05) is 34.3 Å². The van der Waals surface area contributed by atoms with Crippen LogP contribution >= 0.6 is 0 Å². The summed E-state index contributed by atoms with van der Waals surface area (Å²) in [7, 11) is -6.24. The van der Waals surface area contributed by atoms with Crippen LogP contribution in [0.5, 0.6) is 5.75 Å². The number of carbonyl (C=O) groups excluding carboxylic acids is 1. The van der Waals surface area contributed by atoms with Gasteiger partial charge in [0.25, 0.3) is 10.0 Å². The summed E-state index contributed by atoms with van der Waals surface area (Å²) < 4.78 is 59.4. The molecule has 0 aromatic heterocycles. The quantitative estimate of drug-likeness (QED) is 0.433. The number of carbonyl (C=O) groups is 1. The van der Waals surface area contributed by atoms with E-state index in [-0.39, 0.29) is 10.6 Å². The van der Waals surface area contributed by atoms with Gasteiger partial charge in [-0.1, -0.05) is 18.2 Å². The van der Waals surface area contributed by atoms with Crippen molar-refractivity contribution in [2.24, 2.45) is 0 Å². The first-order valence-corrected chi connectivity index (χ1v) is 14.3. The molecule has 0 aliphatic rings. The Bertz CT molecular complexity index is 1480. The van der Waals surface area contributed by atoms with Gasteiger partial charge in [-0.25, -0.2) is 16.8 Å². The lowest BCUT2D eigenvalue weighted by molar-refractivity contribution is -0.114. The smallest absolute Gasteiger partial charge is 0.261 e. The Morgan fingerprint density at radius 3 is 2.11 bits per heavy atom. The van der Waals surface area contributed by atoms with Crippen molar-refractivity contribution in [3.8, 4) is 5.75 Å². The van der Waals surface area contributed by atoms with Crippen molar-refractivity contribution < 1.29 is 26.4 Å². The van der Waals surface area contributed by atoms with Crippen LogP contribution in [0.3, 0.4) is 0 Å². The molecule has 2 N–H and O–H groups in total. The van der Waals surface area contributed by atoms with Gasteiger partial charge in [0.15, 0.2) is 0 Å². The van der Waals surface area contributed by atoms with Gasteiger partial charge in [0.2, 0.25) is 15.9 Å². The number of hydrogen-bond acceptors (Lipinski definition) is 6. The Kier molecular flexibility index (Phi) is 7.95. The summed E-state index contributed by atoms with van der Waals surface area (Å²) in [6, 6.07) is 16.1. The van der Waals surface area contributed by atoms with Crippen LogP contribution in [0.4, 0.5) is 17.1 Å². The van der Waals surface area contributed by atoms with E-state index in [1.807, 2.05) is 26.0 Å². The minimum absolute atomic E-state index is 0.0173. The van der Waals surface area contributed by atoms with E-state index in [0.717, 1.165) is 27.3 Å². The average Bonchev–Trinajstić information content (AvgIpc) is 2.79. The first-order valence-electron chi connectivity index (χ1n) is 10.9. The van der Waals surface area contributed by atoms with Crippen molar-refractivity contribution in [1.29, 1.82) is 0 Å². The Hall–Kier alpha value is -3.57. The standard InChI is InChI=1S/C25H29N3O6S2/c1-17-6-8-19(3)22(14-17)27-36(32,33)21-11-9-20(10-12-21)26-25(29)16-28(35(5,30)31)23-15-18(2)7-13-24(23)34-4/h6-15,27H,16H2,1-5H3,(H,26,29). The highest BCUT2D eigenvalue weighted by Gasteiger charge is 2.24. The van der Waals surface area contributed by atoms with E-state index in [4.69, 9.17) is 4.74 Å². The van der Waals surface area contributed by atoms with Gasteiger partial charge in [-0.15, -0.1) is 0 Å². The third-order valence-electron chi connectivity index (χ3n) is 5.38. The van der Waals surface area contributed by atoms with Crippen LogP contribution in [0, 0.1) is 20.8 Å². The predicted octanol–water partition coefficient (Wildman–Crippen LogP) is 3.83. The molecule has 0 bridgehead atoms. The summed E-state index contributed by atoms with van der Waals surface area (Å²) in [5.41, 5.74) is 3.55. The summed E-state index contributed by atoms with van der Waals surface area (Å²) in [6.07, 6.45) is 1.00. The molecule has 0 aliphatic carbocycles. The maximum absolute atomic E-state index is 12.8. The Morgan fingerprint density at radius 1 is 0.889 bits per heavy atom. The predicted molar refractivity (Wildman–Crippen MR) is 142 cm³/mol. The van der Waals surface area contributed by atoms with Crippen molar-refractivity contribution >= 4 is 43.0 Å². The molecule has 192 valence electrons. The molecule has 0 atom stereocenters. The fraction of sp³-hybridized carbons (Fsp3) is 0.240. The highest BCUT2D eigenvalue weighted by Crippen LogP contribution is 2.31. The molecule has 3 rings (SSSR count). The number of nitrogens with zero attached hydrogens (tertiary/aromatic N) is 1. The summed E-state index contributed by atoms with van der Waals surface area (Å²) in [5.74, 6) is -0.294. The van der Waals surface area contributed by atoms with Crippen LogP contribution in [0.1, 0.15) is 16.7 Å². The molecular formula is C25H29N3O6S2. The van der Waals surface area contributed by atoms with Crippen LogP contribution in [0.15, 0.2) is 65.6 Å². The van der Waals surface area contributed by atoms with E-state index >= 15 is 0 Å². The molecule has 0 saturated carbocycles. The summed E-state index contributed by atoms with van der Waals surface area (Å²) in [5, 5.41) is 2.61. The number of sulfonamides is 2. The zero-order valence-corrected chi connectivity index (χ0v) is 22.3. The minimum Gasteiger partial charge on any atom is -0.495 e. The fourth-order valence-corrected chi connectivity index (χ4v) is 5.45. The van der Waals surface area contributed by atoms with Gasteiger partial charge in [0.1, 0.15) is 12.3 Å².